The molecule has 0 unspecified atom stereocenters. The largest absolute Gasteiger partial charge is 0.482 e. The van der Waals surface area contributed by atoms with Gasteiger partial charge in [0, 0.05) is 29.8 Å². The van der Waals surface area contributed by atoms with E-state index in [2.05, 4.69) is 18.9 Å². The molecule has 0 heterocycles. The first-order chi connectivity index (χ1) is 66.9. The molecule has 0 aromatic heterocycles. The van der Waals surface area contributed by atoms with Crippen LogP contribution in [0.25, 0.3) is 0 Å². The average Bonchev–Trinajstić information content (AvgIpc) is 0.775. The van der Waals surface area contributed by atoms with E-state index in [1.165, 1.54) is 18.2 Å². The molecular formula is C100H81F27O12S4+4. The number of alkyl halides is 27. The van der Waals surface area contributed by atoms with Gasteiger partial charge in [-0.15, -0.1) is 0 Å². The first-order valence-corrected chi connectivity index (χ1v) is 46.4. The van der Waals surface area contributed by atoms with Crippen LogP contribution in [0.5, 0.6) is 23.0 Å². The molecule has 12 nitrogen and oxygen atoms in total. The van der Waals surface area contributed by atoms with Crippen LogP contribution in [-0.4, -0.2) is 143 Å². The Balaban J connectivity index is 0.000000213. The Kier molecular flexibility index (Phi) is 38.6. The first-order valence-electron chi connectivity index (χ1n) is 41.5. The van der Waals surface area contributed by atoms with E-state index in [1.807, 2.05) is 274 Å². The molecule has 12 aromatic carbocycles. The van der Waals surface area contributed by atoms with Crippen molar-refractivity contribution in [3.8, 4) is 23.0 Å². The first kappa shape index (κ1) is 114. The number of benzene rings is 12. The molecule has 0 aliphatic carbocycles. The molecule has 43 heteroatoms. The van der Waals surface area contributed by atoms with Crippen molar-refractivity contribution in [3.05, 3.63) is 337 Å². The van der Waals surface area contributed by atoms with Crippen LogP contribution < -0.4 is 18.9 Å². The van der Waals surface area contributed by atoms with E-state index in [0.717, 1.165) is 64.3 Å². The van der Waals surface area contributed by atoms with Gasteiger partial charge in [0.05, 0.1) is 43.6 Å². The number of carbonyl (C=O) groups excluding carboxylic acids is 4. The molecule has 0 aliphatic heterocycles. The highest BCUT2D eigenvalue weighted by Crippen LogP contribution is 2.51. The molecule has 143 heavy (non-hydrogen) atoms. The van der Waals surface area contributed by atoms with Crippen molar-refractivity contribution in [2.24, 2.45) is 0 Å². The fourth-order valence-corrected chi connectivity index (χ4v) is 21.6. The van der Waals surface area contributed by atoms with Gasteiger partial charge >= 0.3 is 90.3 Å². The van der Waals surface area contributed by atoms with Crippen LogP contribution in [0.15, 0.2) is 368 Å². The average molecular weight is 2120 g/mol. The zero-order chi connectivity index (χ0) is 105. The summed E-state index contributed by atoms with van der Waals surface area (Å²) in [6, 6.07) is 96.6. The maximum Gasteiger partial charge on any atom is 0.460 e. The molecule has 0 fully saturated rings. The Morgan fingerprint density at radius 3 is 0.699 bits per heavy atom. The lowest BCUT2D eigenvalue weighted by Gasteiger charge is -2.27. The summed E-state index contributed by atoms with van der Waals surface area (Å²) in [4.78, 5) is 59.0. The molecule has 0 saturated heterocycles. The van der Waals surface area contributed by atoms with Gasteiger partial charge in [-0.1, -0.05) is 146 Å². The highest BCUT2D eigenvalue weighted by Gasteiger charge is 2.76. The predicted octanol–water partition coefficient (Wildman–Crippen LogP) is 27.4. The van der Waals surface area contributed by atoms with Gasteiger partial charge in [0.2, 0.25) is 0 Å². The van der Waals surface area contributed by atoms with Crippen molar-refractivity contribution >= 4 is 67.5 Å². The topological polar surface area (TPSA) is 142 Å². The maximum atomic E-state index is 13.4. The zero-order valence-corrected chi connectivity index (χ0v) is 78.0. The molecule has 0 saturated carbocycles. The number of carbonyl (C=O) groups is 4. The Bertz CT molecular complexity index is 5910. The third kappa shape index (κ3) is 30.4. The van der Waals surface area contributed by atoms with Gasteiger partial charge < -0.3 is 37.9 Å². The Hall–Kier alpha value is -12.8. The summed E-state index contributed by atoms with van der Waals surface area (Å²) >= 11 is 0. The quantitative estimate of drug-likeness (QED) is 0.0164. The zero-order valence-electron chi connectivity index (χ0n) is 74.7. The fraction of sp³-hybridized carbons (Fsp3) is 0.240. The lowest BCUT2D eigenvalue weighted by atomic mass is 10.1. The van der Waals surface area contributed by atoms with Crippen LogP contribution in [-0.2, 0) is 81.7 Å². The van der Waals surface area contributed by atoms with Gasteiger partial charge in [0.25, 0.3) is 6.10 Å². The Labute approximate surface area is 811 Å². The second kappa shape index (κ2) is 48.5. The normalized spacial score (nSPS) is 12.4. The predicted molar refractivity (Wildman–Crippen MR) is 474 cm³/mol. The smallest absolute Gasteiger partial charge is 0.460 e. The highest BCUT2D eigenvalue weighted by molar-refractivity contribution is 7.98. The molecule has 0 aliphatic rings. The third-order valence-corrected chi connectivity index (χ3v) is 28.5. The SMILES string of the molecule is Cc1cc(OCC(=O)OCC(F)(F)C(F)(F)C(F)(F)F)ccc1[S+](c1ccccc1)c1ccccc1.Cc1cc([S+](c2ccccc2)c2ccccc2)cc(C)c1OCC(=O)OC(C(F)(F)F)C(F)(F)F.Cc1cc([S+](c2ccccc2)c2ccccc2)cc(C)c1OCC(=O)OCC(F)(F)C(F)(F)C(F)(F)F.O=C(COc1ccc([S+](c2ccccc2)c2ccccc2)cc1)OCC(F)(F)C(F)(F)C(F)(F)F. The molecule has 0 N–H and O–H groups in total. The van der Waals surface area contributed by atoms with Gasteiger partial charge in [-0.3, -0.25) is 0 Å². The maximum absolute atomic E-state index is 13.4. The van der Waals surface area contributed by atoms with Gasteiger partial charge in [-0.2, -0.15) is 119 Å². The van der Waals surface area contributed by atoms with E-state index in [-0.39, 0.29) is 23.0 Å². The van der Waals surface area contributed by atoms with Crippen molar-refractivity contribution < 1.29 is 176 Å². The van der Waals surface area contributed by atoms with Crippen molar-refractivity contribution in [2.75, 3.05) is 46.2 Å². The summed E-state index contributed by atoms with van der Waals surface area (Å²) in [6.45, 7) is -2.75. The minimum atomic E-state index is -6.51. The molecule has 0 spiro atoms. The summed E-state index contributed by atoms with van der Waals surface area (Å²) in [5, 5.41) is 0. The molecule has 0 atom stereocenters. The van der Waals surface area contributed by atoms with Crippen molar-refractivity contribution in [3.63, 3.8) is 0 Å². The van der Waals surface area contributed by atoms with Gasteiger partial charge in [-0.05, 0) is 196 Å². The summed E-state index contributed by atoms with van der Waals surface area (Å²) in [7, 11) is -1.89. The minimum Gasteiger partial charge on any atom is -0.482 e. The second-order valence-electron chi connectivity index (χ2n) is 30.3. The lowest BCUT2D eigenvalue weighted by Crippen LogP contribution is -2.54. The number of aryl methyl sites for hydroxylation is 5. The summed E-state index contributed by atoms with van der Waals surface area (Å²) in [6.07, 6.45) is -35.3. The van der Waals surface area contributed by atoms with Crippen molar-refractivity contribution in [1.82, 2.24) is 0 Å². The number of ether oxygens (including phenoxy) is 8. The molecule has 12 rings (SSSR count). The molecule has 12 aromatic rings. The molecule has 0 amide bonds. The number of hydrogen-bond acceptors (Lipinski definition) is 12. The van der Waals surface area contributed by atoms with E-state index < -0.39 is 186 Å². The number of halogens is 27. The van der Waals surface area contributed by atoms with Crippen LogP contribution in [0.3, 0.4) is 0 Å². The summed E-state index contributed by atoms with van der Waals surface area (Å²) in [5.41, 5.74) is 3.12. The van der Waals surface area contributed by atoms with Crippen LogP contribution in [0.4, 0.5) is 119 Å². The van der Waals surface area contributed by atoms with Crippen LogP contribution >= 0.6 is 0 Å². The van der Waals surface area contributed by atoms with Gasteiger partial charge in [0.15, 0.2) is 105 Å². The standard InChI is InChI=1S/C26H22F7O3S.C25H20F7O3S.C25H21F6O3S.C24H18F7O3S/c1-17-13-21(37(19-9-5-3-6-10-19)20-11-7-4-8-12-20)14-18(2)23(17)35-15-22(34)36-16-24(27,28)25(29,30)26(31,32)33;1-17-14-18(34-15-22(33)35-16-23(26,27)24(28,29)25(30,31)32)12-13-21(17)36(19-8-4-2-5-9-19)20-10-6-3-7-11-20;1-16-13-20(35(18-9-5-3-6-10-18)19-11-7-4-8-12-19)14-17(2)22(16)33-15-21(32)34-23(24(26,27)28)25(29,30)31;25-22(26,23(27,28)24(29,30)31)16-34-21(32)15-33-17-11-13-20(14-12-17)35(18-7-3-1-4-8-18)19-9-5-2-6-10-19/h3-14H,15-16H2,1-2H3;2-14H,15-16H2,1H3;3-14,23H,15H2,1-2H3;1-14H,15-16H2/q4*+1. The van der Waals surface area contributed by atoms with E-state index >= 15 is 0 Å². The molecule has 762 valence electrons. The second-order valence-corrected chi connectivity index (χ2v) is 38.4. The van der Waals surface area contributed by atoms with Crippen LogP contribution in [0, 0.1) is 34.6 Å². The van der Waals surface area contributed by atoms with Crippen molar-refractivity contribution in [2.45, 2.75) is 166 Å². The molecule has 0 bridgehead atoms. The molecule has 0 radical (unpaired) electrons. The van der Waals surface area contributed by atoms with Gasteiger partial charge in [-0.25, -0.2) is 19.2 Å². The van der Waals surface area contributed by atoms with E-state index in [4.69, 9.17) is 18.9 Å². The number of rotatable bonds is 34. The monoisotopic (exact) mass is 2110 g/mol. The number of hydrogen-bond donors (Lipinski definition) is 0. The van der Waals surface area contributed by atoms with Crippen molar-refractivity contribution in [1.29, 1.82) is 0 Å². The van der Waals surface area contributed by atoms with E-state index in [9.17, 15) is 138 Å². The fourth-order valence-electron chi connectivity index (χ4n) is 12.8. The van der Waals surface area contributed by atoms with Crippen LogP contribution in [0.2, 0.25) is 0 Å². The number of esters is 4. The van der Waals surface area contributed by atoms with E-state index in [0.29, 0.717) is 22.3 Å². The Morgan fingerprint density at radius 1 is 0.238 bits per heavy atom. The molecular weight excluding hydrogens is 2030 g/mol. The Morgan fingerprint density at radius 2 is 0.455 bits per heavy atom. The minimum absolute atomic E-state index is 0.141. The summed E-state index contributed by atoms with van der Waals surface area (Å²) < 4.78 is 379. The van der Waals surface area contributed by atoms with Crippen LogP contribution in [0.1, 0.15) is 27.8 Å². The lowest BCUT2D eigenvalue weighted by molar-refractivity contribution is -0.360. The highest BCUT2D eigenvalue weighted by atomic mass is 32.2. The third-order valence-electron chi connectivity index (χ3n) is 19.5. The summed E-state index contributed by atoms with van der Waals surface area (Å²) in [5.74, 6) is -41.6. The van der Waals surface area contributed by atoms with E-state index in [1.54, 1.807) is 52.0 Å². The van der Waals surface area contributed by atoms with Gasteiger partial charge in [0.1, 0.15) is 23.0 Å².